The van der Waals surface area contributed by atoms with Crippen LogP contribution >= 0.6 is 12.4 Å². The monoisotopic (exact) mass is 299 g/mol. The fourth-order valence-electron chi connectivity index (χ4n) is 2.08. The van der Waals surface area contributed by atoms with Gasteiger partial charge in [-0.3, -0.25) is 0 Å². The normalized spacial score (nSPS) is 18.5. The average molecular weight is 300 g/mol. The third-order valence-electron chi connectivity index (χ3n) is 2.84. The van der Waals surface area contributed by atoms with Gasteiger partial charge in [-0.05, 0) is 6.92 Å². The molecule has 0 saturated carbocycles. The molecule has 0 aliphatic carbocycles. The summed E-state index contributed by atoms with van der Waals surface area (Å²) in [4.78, 5) is 14.9. The summed E-state index contributed by atoms with van der Waals surface area (Å²) in [6.07, 6.45) is -4.59. The van der Waals surface area contributed by atoms with Gasteiger partial charge in [0.1, 0.15) is 0 Å². The quantitative estimate of drug-likeness (QED) is 0.803. The second-order valence-electron chi connectivity index (χ2n) is 3.99. The van der Waals surface area contributed by atoms with E-state index in [2.05, 4.69) is 15.0 Å². The van der Waals surface area contributed by atoms with E-state index in [0.29, 0.717) is 6.54 Å². The lowest BCUT2D eigenvalue weighted by molar-refractivity contribution is -0.147. The standard InChI is InChI=1S/C10H12F3N3O2.ClH/c1-5-7-6(8(17)18-2)15-9(10(11,12)13)16(7)4-3-14-5;/h5,14H,3-4H2,1-2H3;1H. The van der Waals surface area contributed by atoms with Gasteiger partial charge in [0.2, 0.25) is 5.82 Å². The summed E-state index contributed by atoms with van der Waals surface area (Å²) in [5.74, 6) is -1.91. The van der Waals surface area contributed by atoms with Gasteiger partial charge in [-0.1, -0.05) is 0 Å². The molecule has 1 aromatic rings. The predicted octanol–water partition coefficient (Wildman–Crippen LogP) is 1.77. The van der Waals surface area contributed by atoms with Gasteiger partial charge < -0.3 is 14.6 Å². The summed E-state index contributed by atoms with van der Waals surface area (Å²) in [5, 5.41) is 2.99. The number of nitrogens with one attached hydrogen (secondary N) is 1. The van der Waals surface area contributed by atoms with E-state index < -0.39 is 18.0 Å². The molecule has 9 heteroatoms. The highest BCUT2D eigenvalue weighted by Crippen LogP contribution is 2.33. The number of esters is 1. The first-order chi connectivity index (χ1) is 8.36. The van der Waals surface area contributed by atoms with Crippen LogP contribution in [0.25, 0.3) is 0 Å². The highest BCUT2D eigenvalue weighted by molar-refractivity contribution is 5.89. The van der Waals surface area contributed by atoms with E-state index >= 15 is 0 Å². The number of fused-ring (bicyclic) bond motifs is 1. The number of methoxy groups -OCH3 is 1. The molecule has 0 fully saturated rings. The minimum atomic E-state index is -4.59. The van der Waals surface area contributed by atoms with Crippen LogP contribution in [0.5, 0.6) is 0 Å². The van der Waals surface area contributed by atoms with Gasteiger partial charge in [0.25, 0.3) is 0 Å². The summed E-state index contributed by atoms with van der Waals surface area (Å²) in [7, 11) is 1.11. The Labute approximate surface area is 113 Å². The number of hydrogen-bond donors (Lipinski definition) is 1. The number of carbonyl (C=O) groups is 1. The second kappa shape index (κ2) is 5.38. The number of ether oxygens (including phenoxy) is 1. The van der Waals surface area contributed by atoms with Crippen molar-refractivity contribution in [3.8, 4) is 0 Å². The van der Waals surface area contributed by atoms with E-state index in [4.69, 9.17) is 0 Å². The lowest BCUT2D eigenvalue weighted by Gasteiger charge is -2.24. The van der Waals surface area contributed by atoms with Gasteiger partial charge in [-0.2, -0.15) is 13.2 Å². The molecular formula is C10H13ClF3N3O2. The lowest BCUT2D eigenvalue weighted by Crippen LogP contribution is -2.34. The van der Waals surface area contributed by atoms with E-state index in [0.717, 1.165) is 11.7 Å². The van der Waals surface area contributed by atoms with Crippen LogP contribution in [0, 0.1) is 0 Å². The maximum absolute atomic E-state index is 12.8. The van der Waals surface area contributed by atoms with Crippen LogP contribution in [0.2, 0.25) is 0 Å². The van der Waals surface area contributed by atoms with E-state index in [1.807, 2.05) is 0 Å². The van der Waals surface area contributed by atoms with Gasteiger partial charge in [-0.15, -0.1) is 12.4 Å². The van der Waals surface area contributed by atoms with Crippen molar-refractivity contribution in [3.05, 3.63) is 17.2 Å². The largest absolute Gasteiger partial charge is 0.464 e. The molecule has 108 valence electrons. The fraction of sp³-hybridized carbons (Fsp3) is 0.600. The van der Waals surface area contributed by atoms with Gasteiger partial charge in [0.15, 0.2) is 5.69 Å². The van der Waals surface area contributed by atoms with Crippen LogP contribution in [-0.2, 0) is 17.5 Å². The SMILES string of the molecule is COC(=O)c1nc(C(F)(F)F)n2c1C(C)NCC2.Cl. The van der Waals surface area contributed by atoms with E-state index in [9.17, 15) is 18.0 Å². The molecule has 0 radical (unpaired) electrons. The topological polar surface area (TPSA) is 56.1 Å². The van der Waals surface area contributed by atoms with E-state index in [-0.39, 0.29) is 36.4 Å². The Morgan fingerprint density at radius 1 is 1.53 bits per heavy atom. The summed E-state index contributed by atoms with van der Waals surface area (Å²) >= 11 is 0. The number of aromatic nitrogens is 2. The Kier molecular flexibility index (Phi) is 4.46. The Balaban J connectivity index is 0.00000180. The Hall–Kier alpha value is -1.28. The van der Waals surface area contributed by atoms with Gasteiger partial charge in [0, 0.05) is 19.1 Å². The molecule has 5 nitrogen and oxygen atoms in total. The predicted molar refractivity (Wildman–Crippen MR) is 62.2 cm³/mol. The molecule has 0 bridgehead atoms. The Bertz CT molecular complexity index is 487. The van der Waals surface area contributed by atoms with Crippen molar-refractivity contribution in [2.45, 2.75) is 25.7 Å². The van der Waals surface area contributed by atoms with Crippen molar-refractivity contribution >= 4 is 18.4 Å². The van der Waals surface area contributed by atoms with Crippen LogP contribution in [0.1, 0.15) is 35.0 Å². The molecule has 2 rings (SSSR count). The van der Waals surface area contributed by atoms with Crippen molar-refractivity contribution < 1.29 is 22.7 Å². The van der Waals surface area contributed by atoms with Crippen LogP contribution in [0.4, 0.5) is 13.2 Å². The molecule has 1 aliphatic heterocycles. The highest BCUT2D eigenvalue weighted by atomic mass is 35.5. The number of nitrogens with zero attached hydrogens (tertiary/aromatic N) is 2. The zero-order valence-electron chi connectivity index (χ0n) is 10.2. The minimum absolute atomic E-state index is 0. The number of carbonyl (C=O) groups excluding carboxylic acids is 1. The van der Waals surface area contributed by atoms with E-state index in [1.54, 1.807) is 6.92 Å². The molecule has 2 heterocycles. The summed E-state index contributed by atoms with van der Waals surface area (Å²) in [5.41, 5.74) is -0.0510. The lowest BCUT2D eigenvalue weighted by atomic mass is 10.1. The molecule has 0 spiro atoms. The number of rotatable bonds is 1. The van der Waals surface area contributed by atoms with Gasteiger partial charge in [0.05, 0.1) is 12.8 Å². The van der Waals surface area contributed by atoms with Crippen LogP contribution in [-0.4, -0.2) is 29.2 Å². The van der Waals surface area contributed by atoms with Gasteiger partial charge in [-0.25, -0.2) is 9.78 Å². The first-order valence-electron chi connectivity index (χ1n) is 5.35. The molecule has 1 atom stereocenters. The van der Waals surface area contributed by atoms with Crippen LogP contribution in [0.15, 0.2) is 0 Å². The Morgan fingerprint density at radius 2 is 2.16 bits per heavy atom. The number of hydrogen-bond acceptors (Lipinski definition) is 4. The van der Waals surface area contributed by atoms with Crippen molar-refractivity contribution in [1.29, 1.82) is 0 Å². The first kappa shape index (κ1) is 15.8. The molecule has 1 unspecified atom stereocenters. The number of imidazole rings is 1. The number of halogens is 4. The zero-order chi connectivity index (χ0) is 13.5. The molecule has 0 aromatic carbocycles. The van der Waals surface area contributed by atoms with Crippen molar-refractivity contribution in [2.75, 3.05) is 13.7 Å². The summed E-state index contributed by atoms with van der Waals surface area (Å²) in [6.45, 7) is 2.20. The fourth-order valence-corrected chi connectivity index (χ4v) is 2.08. The van der Waals surface area contributed by atoms with Crippen molar-refractivity contribution in [2.24, 2.45) is 0 Å². The van der Waals surface area contributed by atoms with Gasteiger partial charge >= 0.3 is 12.1 Å². The second-order valence-corrected chi connectivity index (χ2v) is 3.99. The molecule has 0 saturated heterocycles. The molecule has 1 N–H and O–H groups in total. The molecular weight excluding hydrogens is 287 g/mol. The average Bonchev–Trinajstić information content (AvgIpc) is 2.68. The third kappa shape index (κ3) is 2.69. The third-order valence-corrected chi connectivity index (χ3v) is 2.84. The van der Waals surface area contributed by atoms with Crippen LogP contribution in [0.3, 0.4) is 0 Å². The first-order valence-corrected chi connectivity index (χ1v) is 5.35. The summed E-state index contributed by atoms with van der Waals surface area (Å²) in [6, 6.07) is -0.378. The van der Waals surface area contributed by atoms with Crippen molar-refractivity contribution in [1.82, 2.24) is 14.9 Å². The van der Waals surface area contributed by atoms with Crippen molar-refractivity contribution in [3.63, 3.8) is 0 Å². The Morgan fingerprint density at radius 3 is 2.68 bits per heavy atom. The zero-order valence-corrected chi connectivity index (χ0v) is 11.1. The molecule has 19 heavy (non-hydrogen) atoms. The van der Waals surface area contributed by atoms with E-state index in [1.165, 1.54) is 0 Å². The smallest absolute Gasteiger partial charge is 0.449 e. The highest BCUT2D eigenvalue weighted by Gasteiger charge is 2.41. The molecule has 1 aromatic heterocycles. The number of alkyl halides is 3. The summed E-state index contributed by atoms with van der Waals surface area (Å²) < 4.78 is 44.0. The minimum Gasteiger partial charge on any atom is -0.464 e. The molecule has 0 amide bonds. The van der Waals surface area contributed by atoms with Crippen LogP contribution < -0.4 is 5.32 Å². The maximum atomic E-state index is 12.8. The maximum Gasteiger partial charge on any atom is 0.449 e. The molecule has 1 aliphatic rings.